The van der Waals surface area contributed by atoms with Gasteiger partial charge in [-0.05, 0) is 44.0 Å². The molecule has 1 rings (SSSR count). The molecule has 0 saturated carbocycles. The first-order chi connectivity index (χ1) is 6.40. The second-order valence-electron chi connectivity index (χ2n) is 2.45. The van der Waals surface area contributed by atoms with Crippen molar-refractivity contribution >= 4 is 31.9 Å². The van der Waals surface area contributed by atoms with Crippen LogP contribution in [0, 0.1) is 0 Å². The van der Waals surface area contributed by atoms with E-state index in [1.165, 1.54) is 0 Å². The summed E-state index contributed by atoms with van der Waals surface area (Å²) in [6.07, 6.45) is -4.32. The largest absolute Gasteiger partial charge is 0.482 e. The lowest BCUT2D eigenvalue weighted by Gasteiger charge is -2.11. The molecule has 0 spiro atoms. The molecule has 0 N–H and O–H groups in total. The third-order valence-electron chi connectivity index (χ3n) is 1.30. The van der Waals surface area contributed by atoms with E-state index in [-0.39, 0.29) is 5.75 Å². The van der Waals surface area contributed by atoms with Crippen LogP contribution in [0.4, 0.5) is 13.2 Å². The molecule has 0 atom stereocenters. The Kier molecular flexibility index (Phi) is 3.83. The zero-order valence-electron chi connectivity index (χ0n) is 6.74. The predicted molar refractivity (Wildman–Crippen MR) is 53.4 cm³/mol. The van der Waals surface area contributed by atoms with Gasteiger partial charge in [0.15, 0.2) is 6.61 Å². The van der Waals surface area contributed by atoms with E-state index in [1.54, 1.807) is 18.2 Å². The monoisotopic (exact) mass is 332 g/mol. The van der Waals surface area contributed by atoms with E-state index in [2.05, 4.69) is 36.6 Å². The van der Waals surface area contributed by atoms with E-state index in [0.717, 1.165) is 0 Å². The Morgan fingerprint density at radius 1 is 1.14 bits per heavy atom. The van der Waals surface area contributed by atoms with Crippen LogP contribution in [-0.2, 0) is 0 Å². The van der Waals surface area contributed by atoms with Crippen LogP contribution >= 0.6 is 31.9 Å². The maximum absolute atomic E-state index is 11.8. The lowest BCUT2D eigenvalue weighted by molar-refractivity contribution is -0.153. The fourth-order valence-corrected chi connectivity index (χ4v) is 2.00. The molecule has 78 valence electrons. The molecule has 0 aliphatic carbocycles. The predicted octanol–water partition coefficient (Wildman–Crippen LogP) is 4.15. The first kappa shape index (κ1) is 11.8. The molecule has 0 fully saturated rings. The molecule has 0 heterocycles. The molecule has 1 nitrogen and oxygen atoms in total. The van der Waals surface area contributed by atoms with E-state index in [1.807, 2.05) is 0 Å². The summed E-state index contributed by atoms with van der Waals surface area (Å²) < 4.78 is 41.1. The van der Waals surface area contributed by atoms with Crippen molar-refractivity contribution in [2.75, 3.05) is 6.61 Å². The molecule has 6 heteroatoms. The van der Waals surface area contributed by atoms with Crippen molar-refractivity contribution in [1.82, 2.24) is 0 Å². The molecule has 0 aromatic heterocycles. The van der Waals surface area contributed by atoms with Gasteiger partial charge in [-0.15, -0.1) is 0 Å². The highest BCUT2D eigenvalue weighted by molar-refractivity contribution is 9.11. The van der Waals surface area contributed by atoms with Gasteiger partial charge < -0.3 is 4.74 Å². The lowest BCUT2D eigenvalue weighted by atomic mass is 10.3. The Morgan fingerprint density at radius 2 is 1.64 bits per heavy atom. The molecule has 0 unspecified atom stereocenters. The van der Waals surface area contributed by atoms with Crippen LogP contribution in [0.15, 0.2) is 27.1 Å². The summed E-state index contributed by atoms with van der Waals surface area (Å²) in [4.78, 5) is 0. The van der Waals surface area contributed by atoms with Crippen LogP contribution in [-0.4, -0.2) is 12.8 Å². The highest BCUT2D eigenvalue weighted by atomic mass is 79.9. The van der Waals surface area contributed by atoms with Crippen LogP contribution in [0.2, 0.25) is 0 Å². The second-order valence-corrected chi connectivity index (χ2v) is 4.16. The average molecular weight is 334 g/mol. The molecule has 14 heavy (non-hydrogen) atoms. The zero-order chi connectivity index (χ0) is 10.8. The third kappa shape index (κ3) is 3.49. The van der Waals surface area contributed by atoms with Gasteiger partial charge in [-0.25, -0.2) is 0 Å². The SMILES string of the molecule is FC(F)(F)COc1c(Br)cccc1Br. The fraction of sp³-hybridized carbons (Fsp3) is 0.250. The normalized spacial score (nSPS) is 11.5. The number of rotatable bonds is 2. The molecule has 0 aliphatic heterocycles. The van der Waals surface area contributed by atoms with Crippen LogP contribution in [0.1, 0.15) is 0 Å². The highest BCUT2D eigenvalue weighted by Gasteiger charge is 2.29. The summed E-state index contributed by atoms with van der Waals surface area (Å²) in [7, 11) is 0. The Bertz CT molecular complexity index is 305. The van der Waals surface area contributed by atoms with Crippen LogP contribution in [0.25, 0.3) is 0 Å². The number of halogens is 5. The number of para-hydroxylation sites is 1. The van der Waals surface area contributed by atoms with Gasteiger partial charge in [-0.2, -0.15) is 13.2 Å². The molecule has 1 aromatic rings. The number of benzene rings is 1. The summed E-state index contributed by atoms with van der Waals surface area (Å²) in [5, 5.41) is 0. The Labute approximate surface area is 95.5 Å². The van der Waals surface area contributed by atoms with E-state index >= 15 is 0 Å². The number of hydrogen-bond acceptors (Lipinski definition) is 1. The molecule has 0 saturated heterocycles. The molecule has 0 radical (unpaired) electrons. The topological polar surface area (TPSA) is 9.23 Å². The second kappa shape index (κ2) is 4.53. The van der Waals surface area contributed by atoms with Crippen molar-refractivity contribution in [1.29, 1.82) is 0 Å². The van der Waals surface area contributed by atoms with E-state index < -0.39 is 12.8 Å². The maximum atomic E-state index is 11.8. The third-order valence-corrected chi connectivity index (χ3v) is 2.55. The van der Waals surface area contributed by atoms with Crippen molar-refractivity contribution in [3.05, 3.63) is 27.1 Å². The molecular formula is C8H5Br2F3O. The van der Waals surface area contributed by atoms with Crippen molar-refractivity contribution < 1.29 is 17.9 Å². The van der Waals surface area contributed by atoms with Gasteiger partial charge in [0.1, 0.15) is 5.75 Å². The molecule has 0 aliphatic rings. The molecule has 1 aromatic carbocycles. The lowest BCUT2D eigenvalue weighted by Crippen LogP contribution is -2.19. The summed E-state index contributed by atoms with van der Waals surface area (Å²) in [5.74, 6) is 0.157. The zero-order valence-corrected chi connectivity index (χ0v) is 9.91. The maximum Gasteiger partial charge on any atom is 0.422 e. The minimum Gasteiger partial charge on any atom is -0.482 e. The highest BCUT2D eigenvalue weighted by Crippen LogP contribution is 2.33. The summed E-state index contributed by atoms with van der Waals surface area (Å²) >= 11 is 6.18. The van der Waals surface area contributed by atoms with Gasteiger partial charge in [-0.1, -0.05) is 6.07 Å². The van der Waals surface area contributed by atoms with Gasteiger partial charge in [0.25, 0.3) is 0 Å². The number of alkyl halides is 3. The molecule has 0 bridgehead atoms. The van der Waals surface area contributed by atoms with Crippen LogP contribution in [0.5, 0.6) is 5.75 Å². The van der Waals surface area contributed by atoms with Gasteiger partial charge in [0.05, 0.1) is 8.95 Å². The molecular weight excluding hydrogens is 329 g/mol. The summed E-state index contributed by atoms with van der Waals surface area (Å²) in [5.41, 5.74) is 0. The minimum atomic E-state index is -4.32. The first-order valence-electron chi connectivity index (χ1n) is 3.54. The minimum absolute atomic E-state index is 0.157. The standard InChI is InChI=1S/C8H5Br2F3O/c9-5-2-1-3-6(10)7(5)14-4-8(11,12)13/h1-3H,4H2. The van der Waals surface area contributed by atoms with Crippen LogP contribution < -0.4 is 4.74 Å². The number of hydrogen-bond donors (Lipinski definition) is 0. The van der Waals surface area contributed by atoms with Crippen LogP contribution in [0.3, 0.4) is 0 Å². The average Bonchev–Trinajstić information content (AvgIpc) is 2.01. The number of ether oxygens (including phenoxy) is 1. The quantitative estimate of drug-likeness (QED) is 0.790. The van der Waals surface area contributed by atoms with Gasteiger partial charge in [0.2, 0.25) is 0 Å². The van der Waals surface area contributed by atoms with E-state index in [9.17, 15) is 13.2 Å². The van der Waals surface area contributed by atoms with Gasteiger partial charge in [-0.3, -0.25) is 0 Å². The van der Waals surface area contributed by atoms with Crippen molar-refractivity contribution in [3.8, 4) is 5.75 Å². The van der Waals surface area contributed by atoms with Crippen molar-refractivity contribution in [2.24, 2.45) is 0 Å². The fourth-order valence-electron chi connectivity index (χ4n) is 0.774. The summed E-state index contributed by atoms with van der Waals surface area (Å²) in [6, 6.07) is 4.90. The van der Waals surface area contributed by atoms with Crippen molar-refractivity contribution in [2.45, 2.75) is 6.18 Å². The summed E-state index contributed by atoms with van der Waals surface area (Å²) in [6.45, 7) is -1.30. The Hall–Kier alpha value is -0.230. The van der Waals surface area contributed by atoms with Gasteiger partial charge >= 0.3 is 6.18 Å². The van der Waals surface area contributed by atoms with Gasteiger partial charge in [0, 0.05) is 0 Å². The Balaban J connectivity index is 2.77. The molecule has 0 amide bonds. The first-order valence-corrected chi connectivity index (χ1v) is 5.12. The van der Waals surface area contributed by atoms with E-state index in [0.29, 0.717) is 8.95 Å². The Morgan fingerprint density at radius 3 is 2.07 bits per heavy atom. The van der Waals surface area contributed by atoms with Crippen molar-refractivity contribution in [3.63, 3.8) is 0 Å². The van der Waals surface area contributed by atoms with E-state index in [4.69, 9.17) is 0 Å². The smallest absolute Gasteiger partial charge is 0.422 e.